The molecule has 3 rings (SSSR count). The molecule has 3 aromatic rings. The Hall–Kier alpha value is -1.85. The molecular weight excluding hydrogens is 280 g/mol. The second-order valence-electron chi connectivity index (χ2n) is 5.99. The second kappa shape index (κ2) is 5.50. The van der Waals surface area contributed by atoms with Gasteiger partial charge in [0, 0.05) is 10.9 Å². The molecule has 5 heteroatoms. The van der Waals surface area contributed by atoms with Crippen molar-refractivity contribution in [2.45, 2.75) is 32.9 Å². The number of para-hydroxylation sites is 1. The molecule has 2 aromatic heterocycles. The summed E-state index contributed by atoms with van der Waals surface area (Å²) in [5.74, 6) is 0. The predicted octanol–water partition coefficient (Wildman–Crippen LogP) is 3.64. The van der Waals surface area contributed by atoms with Gasteiger partial charge in [-0.15, -0.1) is 10.2 Å². The topological polar surface area (TPSA) is 50.7 Å². The van der Waals surface area contributed by atoms with Crippen molar-refractivity contribution in [3.8, 4) is 10.7 Å². The fraction of sp³-hybridized carbons (Fsp3) is 0.312. The van der Waals surface area contributed by atoms with Crippen LogP contribution in [-0.4, -0.2) is 20.7 Å². The molecule has 2 heterocycles. The van der Waals surface area contributed by atoms with Gasteiger partial charge in [-0.05, 0) is 32.9 Å². The van der Waals surface area contributed by atoms with Crippen molar-refractivity contribution in [3.05, 3.63) is 41.4 Å². The maximum Gasteiger partial charge on any atom is 0.166 e. The van der Waals surface area contributed by atoms with E-state index in [4.69, 9.17) is 0 Å². The molecule has 0 saturated carbocycles. The van der Waals surface area contributed by atoms with Gasteiger partial charge in [0.1, 0.15) is 10.7 Å². The zero-order valence-corrected chi connectivity index (χ0v) is 13.2. The average molecular weight is 298 g/mol. The van der Waals surface area contributed by atoms with E-state index in [1.165, 1.54) is 0 Å². The SMILES string of the molecule is CC(C)(C)NCc1nnc(-c2ccc3ccccc3n2)s1. The lowest BCUT2D eigenvalue weighted by Gasteiger charge is -2.19. The Kier molecular flexibility index (Phi) is 3.69. The Bertz CT molecular complexity index is 758. The number of nitrogens with zero attached hydrogens (tertiary/aromatic N) is 3. The van der Waals surface area contributed by atoms with Crippen LogP contribution in [0.25, 0.3) is 21.6 Å². The van der Waals surface area contributed by atoms with E-state index in [1.54, 1.807) is 11.3 Å². The second-order valence-corrected chi connectivity index (χ2v) is 7.06. The average Bonchev–Trinajstić information content (AvgIpc) is 2.93. The highest BCUT2D eigenvalue weighted by atomic mass is 32.1. The van der Waals surface area contributed by atoms with Gasteiger partial charge in [-0.25, -0.2) is 4.98 Å². The van der Waals surface area contributed by atoms with Crippen molar-refractivity contribution in [3.63, 3.8) is 0 Å². The maximum atomic E-state index is 4.66. The summed E-state index contributed by atoms with van der Waals surface area (Å²) in [5, 5.41) is 14.9. The first kappa shape index (κ1) is 14.1. The Morgan fingerprint density at radius 2 is 1.86 bits per heavy atom. The standard InChI is InChI=1S/C16H18N4S/c1-16(2,3)17-10-14-19-20-15(21-14)13-9-8-11-6-4-5-7-12(11)18-13/h4-9,17H,10H2,1-3H3. The molecule has 0 spiro atoms. The molecular formula is C16H18N4S. The van der Waals surface area contributed by atoms with Crippen molar-refractivity contribution in [2.24, 2.45) is 0 Å². The third-order valence-electron chi connectivity index (χ3n) is 3.05. The number of pyridine rings is 1. The van der Waals surface area contributed by atoms with E-state index >= 15 is 0 Å². The van der Waals surface area contributed by atoms with E-state index in [2.05, 4.69) is 53.4 Å². The quantitative estimate of drug-likeness (QED) is 0.802. The van der Waals surface area contributed by atoms with Gasteiger partial charge < -0.3 is 5.32 Å². The van der Waals surface area contributed by atoms with Gasteiger partial charge >= 0.3 is 0 Å². The largest absolute Gasteiger partial charge is 0.306 e. The van der Waals surface area contributed by atoms with E-state index in [1.807, 2.05) is 24.3 Å². The van der Waals surface area contributed by atoms with Crippen LogP contribution >= 0.6 is 11.3 Å². The number of fused-ring (bicyclic) bond motifs is 1. The Balaban J connectivity index is 1.84. The number of benzene rings is 1. The normalized spacial score (nSPS) is 12.0. The van der Waals surface area contributed by atoms with Crippen molar-refractivity contribution in [1.82, 2.24) is 20.5 Å². The van der Waals surface area contributed by atoms with E-state index in [0.717, 1.165) is 33.2 Å². The van der Waals surface area contributed by atoms with Gasteiger partial charge in [-0.3, -0.25) is 0 Å². The molecule has 0 saturated heterocycles. The Labute approximate surface area is 128 Å². The summed E-state index contributed by atoms with van der Waals surface area (Å²) in [4.78, 5) is 4.66. The summed E-state index contributed by atoms with van der Waals surface area (Å²) >= 11 is 1.59. The van der Waals surface area contributed by atoms with Gasteiger partial charge in [0.15, 0.2) is 5.01 Å². The van der Waals surface area contributed by atoms with Gasteiger partial charge in [0.2, 0.25) is 0 Å². The van der Waals surface area contributed by atoms with Crippen LogP contribution < -0.4 is 5.32 Å². The fourth-order valence-corrected chi connectivity index (χ4v) is 2.70. The van der Waals surface area contributed by atoms with Crippen molar-refractivity contribution in [1.29, 1.82) is 0 Å². The summed E-state index contributed by atoms with van der Waals surface area (Å²) in [6.07, 6.45) is 0. The van der Waals surface area contributed by atoms with Crippen LogP contribution in [0, 0.1) is 0 Å². The van der Waals surface area contributed by atoms with Crippen molar-refractivity contribution >= 4 is 22.2 Å². The highest BCUT2D eigenvalue weighted by Gasteiger charge is 2.12. The summed E-state index contributed by atoms with van der Waals surface area (Å²) in [6, 6.07) is 12.2. The lowest BCUT2D eigenvalue weighted by atomic mass is 10.1. The summed E-state index contributed by atoms with van der Waals surface area (Å²) < 4.78 is 0. The first-order chi connectivity index (χ1) is 10.0. The van der Waals surface area contributed by atoms with Crippen LogP contribution in [0.4, 0.5) is 0 Å². The molecule has 0 bridgehead atoms. The van der Waals surface area contributed by atoms with Crippen LogP contribution in [0.5, 0.6) is 0 Å². The molecule has 0 fully saturated rings. The summed E-state index contributed by atoms with van der Waals surface area (Å²) in [7, 11) is 0. The zero-order valence-electron chi connectivity index (χ0n) is 12.4. The van der Waals surface area contributed by atoms with Crippen LogP contribution in [0.1, 0.15) is 25.8 Å². The smallest absolute Gasteiger partial charge is 0.166 e. The molecule has 0 unspecified atom stereocenters. The van der Waals surface area contributed by atoms with Gasteiger partial charge in [0.05, 0.1) is 12.1 Å². The monoisotopic (exact) mass is 298 g/mol. The highest BCUT2D eigenvalue weighted by Crippen LogP contribution is 2.24. The lowest BCUT2D eigenvalue weighted by molar-refractivity contribution is 0.423. The Morgan fingerprint density at radius 1 is 1.05 bits per heavy atom. The van der Waals surface area contributed by atoms with Crippen LogP contribution in [0.15, 0.2) is 36.4 Å². The Morgan fingerprint density at radius 3 is 2.67 bits per heavy atom. The molecule has 0 aliphatic heterocycles. The van der Waals surface area contributed by atoms with E-state index in [9.17, 15) is 0 Å². The third-order valence-corrected chi connectivity index (χ3v) is 4.00. The minimum Gasteiger partial charge on any atom is -0.306 e. The maximum absolute atomic E-state index is 4.66. The van der Waals surface area contributed by atoms with Crippen molar-refractivity contribution < 1.29 is 0 Å². The van der Waals surface area contributed by atoms with Gasteiger partial charge in [-0.2, -0.15) is 0 Å². The first-order valence-corrected chi connectivity index (χ1v) is 7.76. The van der Waals surface area contributed by atoms with Crippen molar-refractivity contribution in [2.75, 3.05) is 0 Å². The summed E-state index contributed by atoms with van der Waals surface area (Å²) in [6.45, 7) is 7.15. The lowest BCUT2D eigenvalue weighted by Crippen LogP contribution is -2.35. The number of nitrogens with one attached hydrogen (secondary N) is 1. The van der Waals surface area contributed by atoms with E-state index in [-0.39, 0.29) is 5.54 Å². The van der Waals surface area contributed by atoms with Crippen LogP contribution in [0.3, 0.4) is 0 Å². The number of aromatic nitrogens is 3. The fourth-order valence-electron chi connectivity index (χ4n) is 1.95. The molecule has 0 radical (unpaired) electrons. The van der Waals surface area contributed by atoms with Crippen LogP contribution in [-0.2, 0) is 6.54 Å². The third kappa shape index (κ3) is 3.43. The summed E-state index contributed by atoms with van der Waals surface area (Å²) in [5.41, 5.74) is 1.94. The molecule has 108 valence electrons. The molecule has 21 heavy (non-hydrogen) atoms. The molecule has 0 amide bonds. The molecule has 0 atom stereocenters. The molecule has 1 N–H and O–H groups in total. The van der Waals surface area contributed by atoms with Crippen LogP contribution in [0.2, 0.25) is 0 Å². The number of hydrogen-bond acceptors (Lipinski definition) is 5. The van der Waals surface area contributed by atoms with Gasteiger partial charge in [-0.1, -0.05) is 35.6 Å². The molecule has 0 aliphatic rings. The van der Waals surface area contributed by atoms with E-state index in [0.29, 0.717) is 0 Å². The van der Waals surface area contributed by atoms with E-state index < -0.39 is 0 Å². The minimum atomic E-state index is 0.0764. The number of hydrogen-bond donors (Lipinski definition) is 1. The molecule has 0 aliphatic carbocycles. The number of rotatable bonds is 3. The zero-order chi connectivity index (χ0) is 14.9. The minimum absolute atomic E-state index is 0.0764. The first-order valence-electron chi connectivity index (χ1n) is 6.95. The molecule has 1 aromatic carbocycles. The highest BCUT2D eigenvalue weighted by molar-refractivity contribution is 7.14. The molecule has 4 nitrogen and oxygen atoms in total. The van der Waals surface area contributed by atoms with Gasteiger partial charge in [0.25, 0.3) is 0 Å². The predicted molar refractivity (Wildman–Crippen MR) is 87.2 cm³/mol.